The number of hydrogen-bond donors (Lipinski definition) is 3. The van der Waals surface area contributed by atoms with Crippen LogP contribution in [0.25, 0.3) is 0 Å². The van der Waals surface area contributed by atoms with Crippen LogP contribution in [0.3, 0.4) is 0 Å². The predicted octanol–water partition coefficient (Wildman–Crippen LogP) is 2.74. The number of amides is 1. The molecule has 0 fully saturated rings. The minimum absolute atomic E-state index is 0.209. The van der Waals surface area contributed by atoms with Crippen LogP contribution in [0.4, 0.5) is 0 Å². The number of nitrogens with zero attached hydrogens (tertiary/aromatic N) is 1. The molecule has 6 heteroatoms. The van der Waals surface area contributed by atoms with Gasteiger partial charge in [0.25, 0.3) is 5.91 Å². The van der Waals surface area contributed by atoms with Gasteiger partial charge in [0.2, 0.25) is 0 Å². The molecule has 0 radical (unpaired) electrons. The van der Waals surface area contributed by atoms with Crippen molar-refractivity contribution >= 4 is 17.5 Å². The van der Waals surface area contributed by atoms with Crippen LogP contribution in [0.5, 0.6) is 0 Å². The fourth-order valence-corrected chi connectivity index (χ4v) is 2.72. The Bertz CT molecular complexity index is 741. The van der Waals surface area contributed by atoms with Crippen molar-refractivity contribution in [1.82, 2.24) is 10.3 Å². The topological polar surface area (TPSA) is 88.2 Å². The molecule has 0 unspecified atom stereocenters. The predicted molar refractivity (Wildman–Crippen MR) is 104 cm³/mol. The molecule has 0 bridgehead atoms. The lowest BCUT2D eigenvalue weighted by molar-refractivity contribution is 0.0916. The fraction of sp³-hybridized carbons (Fsp3) is 0.400. The average Bonchev–Trinajstić information content (AvgIpc) is 2.55. The summed E-state index contributed by atoms with van der Waals surface area (Å²) in [7, 11) is 0. The van der Waals surface area contributed by atoms with Crippen LogP contribution >= 0.6 is 11.6 Å². The smallest absolute Gasteiger partial charge is 0.253 e. The highest BCUT2D eigenvalue weighted by molar-refractivity contribution is 6.30. The first kappa shape index (κ1) is 20.4. The van der Waals surface area contributed by atoms with Gasteiger partial charge in [0.1, 0.15) is 0 Å². The van der Waals surface area contributed by atoms with E-state index in [9.17, 15) is 9.90 Å². The molecule has 140 valence electrons. The van der Waals surface area contributed by atoms with E-state index in [0.717, 1.165) is 5.56 Å². The molecule has 2 atom stereocenters. The van der Waals surface area contributed by atoms with Crippen LogP contribution in [-0.4, -0.2) is 33.7 Å². The number of nitrogens with two attached hydrogens (primary N) is 1. The number of pyridine rings is 1. The van der Waals surface area contributed by atoms with Crippen molar-refractivity contribution in [2.75, 3.05) is 0 Å². The van der Waals surface area contributed by atoms with E-state index in [1.165, 1.54) is 0 Å². The fourth-order valence-electron chi connectivity index (χ4n) is 2.59. The van der Waals surface area contributed by atoms with Crippen molar-refractivity contribution in [3.05, 3.63) is 64.4 Å². The lowest BCUT2D eigenvalue weighted by Gasteiger charge is -2.23. The molecule has 0 spiro atoms. The van der Waals surface area contributed by atoms with Gasteiger partial charge < -0.3 is 16.2 Å². The summed E-state index contributed by atoms with van der Waals surface area (Å²) in [6.45, 7) is 5.74. The van der Waals surface area contributed by atoms with Crippen molar-refractivity contribution in [2.45, 2.75) is 51.3 Å². The number of halogens is 1. The van der Waals surface area contributed by atoms with Crippen LogP contribution in [0.15, 0.2) is 42.6 Å². The first-order chi connectivity index (χ1) is 12.2. The van der Waals surface area contributed by atoms with Crippen molar-refractivity contribution in [3.63, 3.8) is 0 Å². The van der Waals surface area contributed by atoms with Crippen LogP contribution < -0.4 is 11.1 Å². The SMILES string of the molecule is CC(C)(C)NC(=O)c1cccnc1C[C@H](O)[C@H](N)Cc1ccc(Cl)cc1. The summed E-state index contributed by atoms with van der Waals surface area (Å²) >= 11 is 5.88. The van der Waals surface area contributed by atoms with E-state index >= 15 is 0 Å². The van der Waals surface area contributed by atoms with Gasteiger partial charge >= 0.3 is 0 Å². The van der Waals surface area contributed by atoms with Crippen LogP contribution in [0.2, 0.25) is 5.02 Å². The Morgan fingerprint density at radius 3 is 2.50 bits per heavy atom. The maximum absolute atomic E-state index is 12.5. The van der Waals surface area contributed by atoms with Gasteiger partial charge in [-0.15, -0.1) is 0 Å². The second-order valence-electron chi connectivity index (χ2n) is 7.47. The van der Waals surface area contributed by atoms with Gasteiger partial charge in [-0.3, -0.25) is 9.78 Å². The summed E-state index contributed by atoms with van der Waals surface area (Å²) in [5, 5.41) is 14.1. The third-order valence-electron chi connectivity index (χ3n) is 3.90. The van der Waals surface area contributed by atoms with Crippen molar-refractivity contribution in [3.8, 4) is 0 Å². The maximum atomic E-state index is 12.5. The number of aromatic nitrogens is 1. The largest absolute Gasteiger partial charge is 0.391 e. The summed E-state index contributed by atoms with van der Waals surface area (Å²) in [4.78, 5) is 16.8. The molecular weight excluding hydrogens is 350 g/mol. The Balaban J connectivity index is 2.07. The summed E-state index contributed by atoms with van der Waals surface area (Å²) in [5.74, 6) is -0.209. The van der Waals surface area contributed by atoms with E-state index in [-0.39, 0.29) is 17.9 Å². The van der Waals surface area contributed by atoms with Crippen molar-refractivity contribution in [2.24, 2.45) is 5.73 Å². The molecule has 4 N–H and O–H groups in total. The Labute approximate surface area is 159 Å². The van der Waals surface area contributed by atoms with E-state index in [1.54, 1.807) is 30.5 Å². The monoisotopic (exact) mass is 375 g/mol. The zero-order valence-corrected chi connectivity index (χ0v) is 16.1. The number of hydrogen-bond acceptors (Lipinski definition) is 4. The van der Waals surface area contributed by atoms with Gasteiger partial charge in [-0.1, -0.05) is 23.7 Å². The molecule has 5 nitrogen and oxygen atoms in total. The van der Waals surface area contributed by atoms with E-state index in [4.69, 9.17) is 17.3 Å². The van der Waals surface area contributed by atoms with Crippen molar-refractivity contribution in [1.29, 1.82) is 0 Å². The summed E-state index contributed by atoms with van der Waals surface area (Å²) < 4.78 is 0. The van der Waals surface area contributed by atoms with E-state index in [2.05, 4.69) is 10.3 Å². The Kier molecular flexibility index (Phi) is 6.75. The van der Waals surface area contributed by atoms with Gasteiger partial charge in [0.05, 0.1) is 17.4 Å². The molecule has 1 aromatic carbocycles. The zero-order chi connectivity index (χ0) is 19.3. The summed E-state index contributed by atoms with van der Waals surface area (Å²) in [6.07, 6.45) is 1.51. The second-order valence-corrected chi connectivity index (χ2v) is 7.90. The molecular formula is C20H26ClN3O2. The number of aliphatic hydroxyl groups is 1. The third-order valence-corrected chi connectivity index (χ3v) is 4.16. The minimum atomic E-state index is -0.818. The lowest BCUT2D eigenvalue weighted by Crippen LogP contribution is -2.42. The molecule has 0 aliphatic heterocycles. The molecule has 0 saturated carbocycles. The molecule has 1 heterocycles. The highest BCUT2D eigenvalue weighted by Gasteiger charge is 2.22. The first-order valence-electron chi connectivity index (χ1n) is 8.60. The maximum Gasteiger partial charge on any atom is 0.253 e. The quantitative estimate of drug-likeness (QED) is 0.724. The first-order valence-corrected chi connectivity index (χ1v) is 8.98. The van der Waals surface area contributed by atoms with Crippen molar-refractivity contribution < 1.29 is 9.90 Å². The standard InChI is InChI=1S/C20H26ClN3O2/c1-20(2,3)24-19(26)15-5-4-10-23-17(15)12-18(25)16(22)11-13-6-8-14(21)9-7-13/h4-10,16,18,25H,11-12,22H2,1-3H3,(H,24,26)/t16-,18+/m1/s1. The van der Waals surface area contributed by atoms with Gasteiger partial charge in [0.15, 0.2) is 0 Å². The van der Waals surface area contributed by atoms with Gasteiger partial charge in [-0.2, -0.15) is 0 Å². The lowest BCUT2D eigenvalue weighted by atomic mass is 9.97. The number of carbonyl (C=O) groups excluding carboxylic acids is 1. The number of aliphatic hydroxyl groups excluding tert-OH is 1. The molecule has 1 amide bonds. The molecule has 2 aromatic rings. The third kappa shape index (κ3) is 6.09. The number of rotatable bonds is 6. The van der Waals surface area contributed by atoms with Crippen LogP contribution in [-0.2, 0) is 12.8 Å². The van der Waals surface area contributed by atoms with Gasteiger partial charge in [0, 0.05) is 29.2 Å². The number of nitrogens with one attached hydrogen (secondary N) is 1. The molecule has 0 saturated heterocycles. The summed E-state index contributed by atoms with van der Waals surface area (Å²) in [5.41, 5.74) is 7.79. The highest BCUT2D eigenvalue weighted by atomic mass is 35.5. The van der Waals surface area contributed by atoms with Crippen LogP contribution in [0, 0.1) is 0 Å². The molecule has 26 heavy (non-hydrogen) atoms. The molecule has 0 aliphatic rings. The number of benzene rings is 1. The normalized spacial score (nSPS) is 13.9. The Hall–Kier alpha value is -1.95. The van der Waals surface area contributed by atoms with E-state index in [1.807, 2.05) is 32.9 Å². The van der Waals surface area contributed by atoms with Gasteiger partial charge in [-0.05, 0) is 57.0 Å². The zero-order valence-electron chi connectivity index (χ0n) is 15.4. The summed E-state index contributed by atoms with van der Waals surface area (Å²) in [6, 6.07) is 10.3. The highest BCUT2D eigenvalue weighted by Crippen LogP contribution is 2.15. The Morgan fingerprint density at radius 1 is 1.23 bits per heavy atom. The van der Waals surface area contributed by atoms with Crippen LogP contribution in [0.1, 0.15) is 42.4 Å². The molecule has 2 rings (SSSR count). The Morgan fingerprint density at radius 2 is 1.88 bits per heavy atom. The number of carbonyl (C=O) groups is 1. The molecule has 0 aliphatic carbocycles. The second kappa shape index (κ2) is 8.62. The minimum Gasteiger partial charge on any atom is -0.391 e. The molecule has 1 aromatic heterocycles. The van der Waals surface area contributed by atoms with E-state index in [0.29, 0.717) is 22.7 Å². The van der Waals surface area contributed by atoms with E-state index < -0.39 is 12.1 Å². The average molecular weight is 376 g/mol. The van der Waals surface area contributed by atoms with Gasteiger partial charge in [-0.25, -0.2) is 0 Å².